The summed E-state index contributed by atoms with van der Waals surface area (Å²) in [5.41, 5.74) is 2.51. The second kappa shape index (κ2) is 11.5. The average molecular weight is 558 g/mol. The van der Waals surface area contributed by atoms with E-state index in [2.05, 4.69) is 16.9 Å². The van der Waals surface area contributed by atoms with E-state index in [-0.39, 0.29) is 30.3 Å². The van der Waals surface area contributed by atoms with Gasteiger partial charge in [-0.2, -0.15) is 4.31 Å². The summed E-state index contributed by atoms with van der Waals surface area (Å²) in [5.74, 6) is 1.43. The van der Waals surface area contributed by atoms with E-state index >= 15 is 0 Å². The molecular weight excluding hydrogens is 526 g/mol. The van der Waals surface area contributed by atoms with E-state index in [4.69, 9.17) is 25.8 Å². The fourth-order valence-corrected chi connectivity index (χ4v) is 6.93. The van der Waals surface area contributed by atoms with Crippen LogP contribution in [0, 0.1) is 0 Å². The molecule has 0 bridgehead atoms. The van der Waals surface area contributed by atoms with Crippen molar-refractivity contribution in [2.75, 3.05) is 40.5 Å². The first-order chi connectivity index (χ1) is 18.4. The maximum absolute atomic E-state index is 13.8. The third-order valence-corrected chi connectivity index (χ3v) is 9.29. The second-order valence-electron chi connectivity index (χ2n) is 9.60. The van der Waals surface area contributed by atoms with Crippen molar-refractivity contribution in [2.45, 2.75) is 36.7 Å². The molecule has 3 aromatic rings. The molecule has 10 heteroatoms. The highest BCUT2D eigenvalue weighted by Crippen LogP contribution is 2.40. The number of fused-ring (bicyclic) bond motifs is 1. The molecule has 0 N–H and O–H groups in total. The summed E-state index contributed by atoms with van der Waals surface area (Å²) < 4.78 is 46.7. The van der Waals surface area contributed by atoms with Gasteiger partial charge in [-0.25, -0.2) is 8.42 Å². The van der Waals surface area contributed by atoms with Crippen LogP contribution in [0.2, 0.25) is 5.02 Å². The van der Waals surface area contributed by atoms with Crippen molar-refractivity contribution in [3.63, 3.8) is 0 Å². The number of aromatic nitrogens is 1. The summed E-state index contributed by atoms with van der Waals surface area (Å²) in [4.78, 5) is 6.65. The van der Waals surface area contributed by atoms with Gasteiger partial charge >= 0.3 is 0 Å². The number of ether oxygens (including phenoxy) is 3. The predicted molar refractivity (Wildman–Crippen MR) is 147 cm³/mol. The standard InChI is InChI=1S/C28H32ClN3O5S/c1-31-11-4-6-24(31)9-13-36-26-16-21(20-5-3-10-30-18-20)15-22-19-32(12-14-37-28(22)26)38(33,34)27-17-23(29)7-8-25(27)35-2/h3,5,7-8,10,15-18,24H,4,6,9,11-14,19H2,1-2H3. The first-order valence-electron chi connectivity index (χ1n) is 12.7. The molecule has 0 spiro atoms. The molecule has 2 aliphatic rings. The largest absolute Gasteiger partial charge is 0.495 e. The molecule has 3 heterocycles. The van der Waals surface area contributed by atoms with Gasteiger partial charge in [0.15, 0.2) is 11.5 Å². The zero-order valence-electron chi connectivity index (χ0n) is 21.6. The smallest absolute Gasteiger partial charge is 0.247 e. The fraction of sp³-hybridized carbons (Fsp3) is 0.393. The molecule has 1 saturated heterocycles. The van der Waals surface area contributed by atoms with Crippen LogP contribution in [-0.4, -0.2) is 69.1 Å². The van der Waals surface area contributed by atoms with Gasteiger partial charge in [0.05, 0.1) is 13.7 Å². The molecule has 0 amide bonds. The van der Waals surface area contributed by atoms with Crippen LogP contribution >= 0.6 is 11.6 Å². The highest BCUT2D eigenvalue weighted by molar-refractivity contribution is 7.89. The van der Waals surface area contributed by atoms with Crippen LogP contribution in [-0.2, 0) is 16.6 Å². The summed E-state index contributed by atoms with van der Waals surface area (Å²) in [6, 6.07) is 12.8. The van der Waals surface area contributed by atoms with Crippen molar-refractivity contribution < 1.29 is 22.6 Å². The lowest BCUT2D eigenvalue weighted by Crippen LogP contribution is -2.32. The molecule has 8 nitrogen and oxygen atoms in total. The monoisotopic (exact) mass is 557 g/mol. The Hall–Kier alpha value is -2.85. The van der Waals surface area contributed by atoms with Gasteiger partial charge in [-0.3, -0.25) is 4.98 Å². The Morgan fingerprint density at radius 3 is 2.74 bits per heavy atom. The first-order valence-corrected chi connectivity index (χ1v) is 14.6. The van der Waals surface area contributed by atoms with Crippen molar-refractivity contribution in [1.29, 1.82) is 0 Å². The topological polar surface area (TPSA) is 81.2 Å². The Morgan fingerprint density at radius 2 is 2.00 bits per heavy atom. The van der Waals surface area contributed by atoms with Crippen molar-refractivity contribution in [2.24, 2.45) is 0 Å². The van der Waals surface area contributed by atoms with Crippen molar-refractivity contribution in [1.82, 2.24) is 14.2 Å². The Morgan fingerprint density at radius 1 is 1.13 bits per heavy atom. The van der Waals surface area contributed by atoms with Gasteiger partial charge in [0.2, 0.25) is 10.0 Å². The summed E-state index contributed by atoms with van der Waals surface area (Å²) >= 11 is 6.16. The van der Waals surface area contributed by atoms with Gasteiger partial charge in [-0.15, -0.1) is 0 Å². The van der Waals surface area contributed by atoms with Gasteiger partial charge in [0.1, 0.15) is 17.3 Å². The number of likely N-dealkylation sites (tertiary alicyclic amines) is 1. The third kappa shape index (κ3) is 5.61. The molecule has 1 atom stereocenters. The average Bonchev–Trinajstić information content (AvgIpc) is 3.19. The maximum atomic E-state index is 13.8. The number of hydrogen-bond acceptors (Lipinski definition) is 7. The molecule has 2 aliphatic heterocycles. The van der Waals surface area contributed by atoms with Gasteiger partial charge in [-0.1, -0.05) is 17.7 Å². The van der Waals surface area contributed by atoms with Crippen LogP contribution in [0.5, 0.6) is 17.2 Å². The zero-order valence-corrected chi connectivity index (χ0v) is 23.2. The quantitative estimate of drug-likeness (QED) is 0.391. The Labute approximate surface area is 229 Å². The zero-order chi connectivity index (χ0) is 26.7. The minimum absolute atomic E-state index is 0.0246. The molecule has 0 radical (unpaired) electrons. The van der Waals surface area contributed by atoms with Crippen LogP contribution in [0.15, 0.2) is 59.8 Å². The van der Waals surface area contributed by atoms with E-state index in [9.17, 15) is 8.42 Å². The SMILES string of the molecule is COc1ccc(Cl)cc1S(=O)(=O)N1CCOc2c(cc(-c3cccnc3)cc2OCCC2CCCN2C)C1. The van der Waals surface area contributed by atoms with Crippen LogP contribution in [0.4, 0.5) is 0 Å². The van der Waals surface area contributed by atoms with E-state index in [1.807, 2.05) is 24.3 Å². The summed E-state index contributed by atoms with van der Waals surface area (Å²) in [6.45, 7) is 2.12. The molecular formula is C28H32ClN3O5S. The molecule has 202 valence electrons. The highest BCUT2D eigenvalue weighted by atomic mass is 35.5. The van der Waals surface area contributed by atoms with Gasteiger partial charge in [0.25, 0.3) is 0 Å². The molecule has 38 heavy (non-hydrogen) atoms. The summed E-state index contributed by atoms with van der Waals surface area (Å²) in [7, 11) is -0.339. The van der Waals surface area contributed by atoms with Crippen LogP contribution in [0.3, 0.4) is 0 Å². The van der Waals surface area contributed by atoms with Crippen molar-refractivity contribution in [3.8, 4) is 28.4 Å². The minimum Gasteiger partial charge on any atom is -0.495 e. The lowest BCUT2D eigenvalue weighted by Gasteiger charge is -2.22. The minimum atomic E-state index is -3.93. The van der Waals surface area contributed by atoms with Crippen molar-refractivity contribution in [3.05, 3.63) is 65.4 Å². The fourth-order valence-electron chi connectivity index (χ4n) is 5.11. The van der Waals surface area contributed by atoms with Crippen molar-refractivity contribution >= 4 is 21.6 Å². The summed E-state index contributed by atoms with van der Waals surface area (Å²) in [6.07, 6.45) is 6.79. The summed E-state index contributed by atoms with van der Waals surface area (Å²) in [5, 5.41) is 0.318. The maximum Gasteiger partial charge on any atom is 0.247 e. The van der Waals surface area contributed by atoms with Gasteiger partial charge < -0.3 is 19.1 Å². The predicted octanol–water partition coefficient (Wildman–Crippen LogP) is 4.86. The number of pyridine rings is 1. The third-order valence-electron chi connectivity index (χ3n) is 7.18. The number of benzene rings is 2. The second-order valence-corrected chi connectivity index (χ2v) is 11.9. The van der Waals surface area contributed by atoms with E-state index in [0.717, 1.165) is 29.7 Å². The normalized spacial score (nSPS) is 18.4. The first kappa shape index (κ1) is 26.7. The van der Waals surface area contributed by atoms with Crippen LogP contribution in [0.1, 0.15) is 24.8 Å². The number of rotatable bonds is 8. The van der Waals surface area contributed by atoms with E-state index < -0.39 is 10.0 Å². The Bertz CT molecular complexity index is 1390. The van der Waals surface area contributed by atoms with E-state index in [0.29, 0.717) is 29.2 Å². The number of hydrogen-bond donors (Lipinski definition) is 0. The van der Waals surface area contributed by atoms with E-state index in [1.165, 1.54) is 30.3 Å². The highest BCUT2D eigenvalue weighted by Gasteiger charge is 2.32. The number of sulfonamides is 1. The molecule has 2 aromatic carbocycles. The number of halogens is 1. The molecule has 1 fully saturated rings. The number of nitrogens with zero attached hydrogens (tertiary/aromatic N) is 3. The van der Waals surface area contributed by atoms with E-state index in [1.54, 1.807) is 24.5 Å². The van der Waals surface area contributed by atoms with Crippen LogP contribution < -0.4 is 14.2 Å². The number of methoxy groups -OCH3 is 1. The molecule has 1 aromatic heterocycles. The molecule has 5 rings (SSSR count). The Kier molecular flexibility index (Phi) is 8.09. The van der Waals surface area contributed by atoms with Gasteiger partial charge in [-0.05, 0) is 74.8 Å². The van der Waals surface area contributed by atoms with Gasteiger partial charge in [0, 0.05) is 47.7 Å². The molecule has 0 saturated carbocycles. The Balaban J connectivity index is 1.49. The molecule has 0 aliphatic carbocycles. The lowest BCUT2D eigenvalue weighted by atomic mass is 10.0. The van der Waals surface area contributed by atoms with Crippen LogP contribution in [0.25, 0.3) is 11.1 Å². The lowest BCUT2D eigenvalue weighted by molar-refractivity contribution is 0.222. The molecule has 1 unspecified atom stereocenters.